The zero-order valence-electron chi connectivity index (χ0n) is 14.7. The molecule has 0 fully saturated rings. The Hall–Kier alpha value is -3.86. The molecule has 0 aliphatic heterocycles. The van der Waals surface area contributed by atoms with Crippen LogP contribution in [-0.2, 0) is 13.5 Å². The van der Waals surface area contributed by atoms with Crippen molar-refractivity contribution in [3.63, 3.8) is 0 Å². The first kappa shape index (κ1) is 17.5. The van der Waals surface area contributed by atoms with Gasteiger partial charge in [0.05, 0.1) is 23.6 Å². The molecular formula is C20H13F2N5O. The molecule has 0 saturated heterocycles. The van der Waals surface area contributed by atoms with Gasteiger partial charge in [0.15, 0.2) is 22.8 Å². The van der Waals surface area contributed by atoms with E-state index in [1.54, 1.807) is 35.9 Å². The average molecular weight is 377 g/mol. The van der Waals surface area contributed by atoms with Crippen LogP contribution in [0.15, 0.2) is 53.6 Å². The molecule has 0 aliphatic rings. The number of nitriles is 1. The van der Waals surface area contributed by atoms with Gasteiger partial charge in [-0.1, -0.05) is 12.1 Å². The van der Waals surface area contributed by atoms with E-state index in [0.717, 1.165) is 6.07 Å². The predicted octanol–water partition coefficient (Wildman–Crippen LogP) is 2.86. The van der Waals surface area contributed by atoms with Crippen molar-refractivity contribution in [2.75, 3.05) is 0 Å². The van der Waals surface area contributed by atoms with Crippen LogP contribution in [0.4, 0.5) is 8.78 Å². The Morgan fingerprint density at radius 2 is 1.89 bits per heavy atom. The summed E-state index contributed by atoms with van der Waals surface area (Å²) in [6.07, 6.45) is 1.37. The van der Waals surface area contributed by atoms with Gasteiger partial charge in [0.25, 0.3) is 5.56 Å². The van der Waals surface area contributed by atoms with Crippen LogP contribution in [0.3, 0.4) is 0 Å². The molecule has 0 aliphatic carbocycles. The van der Waals surface area contributed by atoms with Gasteiger partial charge in [-0.3, -0.25) is 9.36 Å². The van der Waals surface area contributed by atoms with Gasteiger partial charge in [0, 0.05) is 13.5 Å². The zero-order chi connectivity index (χ0) is 19.8. The molecule has 0 radical (unpaired) electrons. The molecule has 28 heavy (non-hydrogen) atoms. The summed E-state index contributed by atoms with van der Waals surface area (Å²) in [5, 5.41) is 8.98. The molecule has 0 atom stereocenters. The van der Waals surface area contributed by atoms with E-state index in [2.05, 4.69) is 9.97 Å². The van der Waals surface area contributed by atoms with E-state index >= 15 is 0 Å². The summed E-state index contributed by atoms with van der Waals surface area (Å²) >= 11 is 0. The first-order valence-electron chi connectivity index (χ1n) is 8.36. The van der Waals surface area contributed by atoms with Crippen molar-refractivity contribution in [1.82, 2.24) is 19.1 Å². The van der Waals surface area contributed by atoms with Crippen molar-refractivity contribution in [1.29, 1.82) is 5.26 Å². The first-order chi connectivity index (χ1) is 13.5. The molecular weight excluding hydrogens is 364 g/mol. The van der Waals surface area contributed by atoms with Gasteiger partial charge >= 0.3 is 0 Å². The standard InChI is InChI=1S/C20H13F2N5O/c1-26-11-24-18-19(26)25-16(9-13-3-2-4-15(21)17(13)22)27(20(18)28)14-7-5-12(10-23)6-8-14/h2-8,11H,9H2,1H3. The van der Waals surface area contributed by atoms with Gasteiger partial charge in [-0.15, -0.1) is 0 Å². The van der Waals surface area contributed by atoms with Gasteiger partial charge in [0.1, 0.15) is 5.82 Å². The highest BCUT2D eigenvalue weighted by atomic mass is 19.2. The van der Waals surface area contributed by atoms with E-state index in [-0.39, 0.29) is 23.3 Å². The van der Waals surface area contributed by atoms with E-state index < -0.39 is 17.2 Å². The summed E-state index contributed by atoms with van der Waals surface area (Å²) in [6.45, 7) is 0. The van der Waals surface area contributed by atoms with Gasteiger partial charge in [-0.05, 0) is 35.9 Å². The molecule has 0 spiro atoms. The Morgan fingerprint density at radius 1 is 1.14 bits per heavy atom. The van der Waals surface area contributed by atoms with E-state index in [0.29, 0.717) is 16.9 Å². The van der Waals surface area contributed by atoms with E-state index in [1.807, 2.05) is 6.07 Å². The zero-order valence-corrected chi connectivity index (χ0v) is 14.7. The largest absolute Gasteiger partial charge is 0.318 e. The van der Waals surface area contributed by atoms with Gasteiger partial charge in [0.2, 0.25) is 0 Å². The molecule has 0 amide bonds. The van der Waals surface area contributed by atoms with Gasteiger partial charge in [-0.2, -0.15) is 5.26 Å². The van der Waals surface area contributed by atoms with Crippen molar-refractivity contribution in [2.45, 2.75) is 6.42 Å². The van der Waals surface area contributed by atoms with Crippen LogP contribution in [0.2, 0.25) is 0 Å². The van der Waals surface area contributed by atoms with Crippen LogP contribution in [0, 0.1) is 23.0 Å². The lowest BCUT2D eigenvalue weighted by Crippen LogP contribution is -2.25. The van der Waals surface area contributed by atoms with E-state index in [1.165, 1.54) is 23.0 Å². The molecule has 0 N–H and O–H groups in total. The maximum absolute atomic E-state index is 14.2. The Labute approximate surface area is 157 Å². The SMILES string of the molecule is Cn1cnc2c(=O)n(-c3ccc(C#N)cc3)c(Cc3cccc(F)c3F)nc21. The minimum Gasteiger partial charge on any atom is -0.318 e. The van der Waals surface area contributed by atoms with Crippen molar-refractivity contribution in [2.24, 2.45) is 7.05 Å². The average Bonchev–Trinajstić information content (AvgIpc) is 3.07. The molecule has 2 aromatic carbocycles. The quantitative estimate of drug-likeness (QED) is 0.550. The molecule has 2 heterocycles. The molecule has 2 aromatic heterocycles. The number of nitrogens with zero attached hydrogens (tertiary/aromatic N) is 5. The maximum Gasteiger partial charge on any atom is 0.286 e. The Bertz CT molecular complexity index is 1300. The second-order valence-corrected chi connectivity index (χ2v) is 6.24. The second kappa shape index (κ2) is 6.70. The topological polar surface area (TPSA) is 76.5 Å². The Kier molecular flexibility index (Phi) is 4.20. The third kappa shape index (κ3) is 2.83. The fraction of sp³-hybridized carbons (Fsp3) is 0.100. The lowest BCUT2D eigenvalue weighted by atomic mass is 10.1. The number of hydrogen-bond donors (Lipinski definition) is 0. The number of hydrogen-bond acceptors (Lipinski definition) is 4. The highest BCUT2D eigenvalue weighted by Gasteiger charge is 2.18. The number of halogens is 2. The lowest BCUT2D eigenvalue weighted by Gasteiger charge is -2.13. The minimum atomic E-state index is -0.978. The predicted molar refractivity (Wildman–Crippen MR) is 98.0 cm³/mol. The summed E-state index contributed by atoms with van der Waals surface area (Å²) < 4.78 is 30.7. The van der Waals surface area contributed by atoms with Crippen LogP contribution < -0.4 is 5.56 Å². The smallest absolute Gasteiger partial charge is 0.286 e. The highest BCUT2D eigenvalue weighted by Crippen LogP contribution is 2.18. The monoisotopic (exact) mass is 377 g/mol. The third-order valence-corrected chi connectivity index (χ3v) is 4.44. The van der Waals surface area contributed by atoms with Crippen LogP contribution >= 0.6 is 0 Å². The van der Waals surface area contributed by atoms with Crippen LogP contribution in [0.25, 0.3) is 16.9 Å². The number of imidazole rings is 1. The second-order valence-electron chi connectivity index (χ2n) is 6.24. The highest BCUT2D eigenvalue weighted by molar-refractivity contribution is 5.70. The normalized spacial score (nSPS) is 10.9. The van der Waals surface area contributed by atoms with Crippen molar-refractivity contribution < 1.29 is 8.78 Å². The molecule has 4 aromatic rings. The van der Waals surface area contributed by atoms with Crippen molar-refractivity contribution in [3.8, 4) is 11.8 Å². The molecule has 0 saturated carbocycles. The number of aryl methyl sites for hydroxylation is 1. The summed E-state index contributed by atoms with van der Waals surface area (Å²) in [5.41, 5.74) is 1.05. The van der Waals surface area contributed by atoms with Crippen molar-refractivity contribution in [3.05, 3.63) is 87.7 Å². The number of fused-ring (bicyclic) bond motifs is 1. The fourth-order valence-corrected chi connectivity index (χ4v) is 3.03. The van der Waals surface area contributed by atoms with Crippen LogP contribution in [0.1, 0.15) is 17.0 Å². The maximum atomic E-state index is 14.2. The number of benzene rings is 2. The molecule has 6 nitrogen and oxygen atoms in total. The van der Waals surface area contributed by atoms with Crippen molar-refractivity contribution >= 4 is 11.2 Å². The van der Waals surface area contributed by atoms with E-state index in [9.17, 15) is 13.6 Å². The molecule has 4 rings (SSSR count). The summed E-state index contributed by atoms with van der Waals surface area (Å²) in [4.78, 5) is 21.7. The number of aromatic nitrogens is 4. The summed E-state index contributed by atoms with van der Waals surface area (Å²) in [6, 6.07) is 12.2. The Balaban J connectivity index is 1.97. The fourth-order valence-electron chi connectivity index (χ4n) is 3.03. The minimum absolute atomic E-state index is 0.0795. The lowest BCUT2D eigenvalue weighted by molar-refractivity contribution is 0.499. The van der Waals surface area contributed by atoms with Crippen LogP contribution in [-0.4, -0.2) is 19.1 Å². The van der Waals surface area contributed by atoms with Gasteiger partial charge < -0.3 is 4.57 Å². The van der Waals surface area contributed by atoms with Gasteiger partial charge in [-0.25, -0.2) is 18.7 Å². The summed E-state index contributed by atoms with van der Waals surface area (Å²) in [7, 11) is 1.69. The molecule has 8 heteroatoms. The van der Waals surface area contributed by atoms with E-state index in [4.69, 9.17) is 5.26 Å². The molecule has 0 unspecified atom stereocenters. The number of rotatable bonds is 3. The van der Waals surface area contributed by atoms with Crippen LogP contribution in [0.5, 0.6) is 0 Å². The first-order valence-corrected chi connectivity index (χ1v) is 8.36. The molecule has 0 bridgehead atoms. The third-order valence-electron chi connectivity index (χ3n) is 4.44. The Morgan fingerprint density at radius 3 is 2.61 bits per heavy atom. The summed E-state index contributed by atoms with van der Waals surface area (Å²) in [5.74, 6) is -1.71. The molecule has 138 valence electrons.